The highest BCUT2D eigenvalue weighted by molar-refractivity contribution is 9.10. The zero-order valence-corrected chi connectivity index (χ0v) is 13.4. The number of anilines is 1. The van der Waals surface area contributed by atoms with Crippen LogP contribution in [0.5, 0.6) is 11.5 Å². The Labute approximate surface area is 132 Å². The summed E-state index contributed by atoms with van der Waals surface area (Å²) in [6.07, 6.45) is 0. The predicted octanol–water partition coefficient (Wildman–Crippen LogP) is 4.60. The van der Waals surface area contributed by atoms with Crippen LogP contribution in [-0.4, -0.2) is 20.3 Å². The van der Waals surface area contributed by atoms with Gasteiger partial charge >= 0.3 is 0 Å². The molecule has 106 valence electrons. The molecule has 0 spiro atoms. The molecule has 0 aliphatic heterocycles. The molecule has 20 heavy (non-hydrogen) atoms. The Kier molecular flexibility index (Phi) is 5.56. The van der Waals surface area contributed by atoms with E-state index in [2.05, 4.69) is 21.2 Å². The fourth-order valence-corrected chi connectivity index (χ4v) is 2.46. The van der Waals surface area contributed by atoms with Gasteiger partial charge in [0.2, 0.25) is 0 Å². The van der Waals surface area contributed by atoms with Gasteiger partial charge in [-0.05, 0) is 30.3 Å². The molecule has 0 fully saturated rings. The number of rotatable bonds is 6. The maximum atomic E-state index is 6.12. The lowest BCUT2D eigenvalue weighted by Gasteiger charge is -2.12. The third kappa shape index (κ3) is 4.05. The molecule has 0 aliphatic rings. The monoisotopic (exact) mass is 355 g/mol. The normalized spacial score (nSPS) is 10.2. The summed E-state index contributed by atoms with van der Waals surface area (Å²) in [6.45, 7) is 1.17. The minimum Gasteiger partial charge on any atom is -0.493 e. The second-order valence-electron chi connectivity index (χ2n) is 4.05. The first kappa shape index (κ1) is 15.0. The minimum atomic E-state index is 0.521. The van der Waals surface area contributed by atoms with E-state index in [9.17, 15) is 0 Å². The van der Waals surface area contributed by atoms with Gasteiger partial charge in [-0.3, -0.25) is 0 Å². The molecule has 0 heterocycles. The zero-order chi connectivity index (χ0) is 14.4. The number of benzene rings is 2. The third-order valence-electron chi connectivity index (χ3n) is 2.68. The predicted molar refractivity (Wildman–Crippen MR) is 86.1 cm³/mol. The van der Waals surface area contributed by atoms with Crippen molar-refractivity contribution in [2.24, 2.45) is 0 Å². The van der Waals surface area contributed by atoms with Crippen LogP contribution in [0.2, 0.25) is 5.02 Å². The molecule has 0 radical (unpaired) electrons. The second kappa shape index (κ2) is 7.41. The fourth-order valence-electron chi connectivity index (χ4n) is 1.72. The molecule has 3 nitrogen and oxygen atoms in total. The maximum absolute atomic E-state index is 6.12. The number of ether oxygens (including phenoxy) is 2. The lowest BCUT2D eigenvalue weighted by atomic mass is 10.3. The van der Waals surface area contributed by atoms with Crippen molar-refractivity contribution in [1.82, 2.24) is 0 Å². The zero-order valence-electron chi connectivity index (χ0n) is 11.0. The van der Waals surface area contributed by atoms with Gasteiger partial charge in [-0.15, -0.1) is 0 Å². The molecule has 0 saturated heterocycles. The summed E-state index contributed by atoms with van der Waals surface area (Å²) in [4.78, 5) is 0. The van der Waals surface area contributed by atoms with Gasteiger partial charge < -0.3 is 14.8 Å². The Morgan fingerprint density at radius 3 is 2.60 bits per heavy atom. The number of hydrogen-bond donors (Lipinski definition) is 1. The standard InChI is InChI=1S/C15H15BrClNO2/c1-19-14-4-2-3-5-15(14)20-9-8-18-13-7-6-11(16)10-12(13)17/h2-7,10,18H,8-9H2,1H3. The van der Waals surface area contributed by atoms with Gasteiger partial charge in [0.1, 0.15) is 6.61 Å². The molecule has 0 aromatic heterocycles. The Morgan fingerprint density at radius 2 is 1.90 bits per heavy atom. The molecule has 2 aromatic carbocycles. The Balaban J connectivity index is 1.84. The summed E-state index contributed by atoms with van der Waals surface area (Å²) < 4.78 is 11.9. The average Bonchev–Trinajstić information content (AvgIpc) is 2.46. The largest absolute Gasteiger partial charge is 0.493 e. The Morgan fingerprint density at radius 1 is 1.15 bits per heavy atom. The maximum Gasteiger partial charge on any atom is 0.161 e. The highest BCUT2D eigenvalue weighted by Gasteiger charge is 2.03. The number of methoxy groups -OCH3 is 1. The van der Waals surface area contributed by atoms with Crippen LogP contribution in [0.25, 0.3) is 0 Å². The van der Waals surface area contributed by atoms with Crippen LogP contribution in [0.1, 0.15) is 0 Å². The molecular weight excluding hydrogens is 342 g/mol. The molecule has 2 rings (SSSR count). The van der Waals surface area contributed by atoms with Crippen molar-refractivity contribution >= 4 is 33.2 Å². The van der Waals surface area contributed by atoms with E-state index >= 15 is 0 Å². The van der Waals surface area contributed by atoms with Gasteiger partial charge in [-0.25, -0.2) is 0 Å². The topological polar surface area (TPSA) is 30.5 Å². The van der Waals surface area contributed by atoms with Crippen LogP contribution in [0, 0.1) is 0 Å². The van der Waals surface area contributed by atoms with Crippen LogP contribution >= 0.6 is 27.5 Å². The van der Waals surface area contributed by atoms with Gasteiger partial charge in [0.25, 0.3) is 0 Å². The highest BCUT2D eigenvalue weighted by atomic mass is 79.9. The molecule has 0 unspecified atom stereocenters. The average molecular weight is 357 g/mol. The third-order valence-corrected chi connectivity index (χ3v) is 3.48. The smallest absolute Gasteiger partial charge is 0.161 e. The van der Waals surface area contributed by atoms with Crippen molar-refractivity contribution in [3.05, 3.63) is 52.0 Å². The van der Waals surface area contributed by atoms with E-state index in [4.69, 9.17) is 21.1 Å². The van der Waals surface area contributed by atoms with Gasteiger partial charge in [-0.2, -0.15) is 0 Å². The molecule has 5 heteroatoms. The van der Waals surface area contributed by atoms with E-state index in [1.807, 2.05) is 42.5 Å². The summed E-state index contributed by atoms with van der Waals surface area (Å²) in [5.74, 6) is 1.47. The molecule has 0 bridgehead atoms. The molecular formula is C15H15BrClNO2. The van der Waals surface area contributed by atoms with Crippen molar-refractivity contribution in [3.8, 4) is 11.5 Å². The summed E-state index contributed by atoms with van der Waals surface area (Å²) in [6, 6.07) is 13.3. The number of halogens is 2. The minimum absolute atomic E-state index is 0.521. The first-order valence-electron chi connectivity index (χ1n) is 6.15. The first-order chi connectivity index (χ1) is 9.70. The van der Waals surface area contributed by atoms with Gasteiger partial charge in [0.05, 0.1) is 17.8 Å². The summed E-state index contributed by atoms with van der Waals surface area (Å²) in [5.41, 5.74) is 0.887. The van der Waals surface area contributed by atoms with E-state index in [1.54, 1.807) is 7.11 Å². The van der Waals surface area contributed by atoms with E-state index in [0.717, 1.165) is 21.7 Å². The molecule has 0 atom stereocenters. The summed E-state index contributed by atoms with van der Waals surface area (Å²) in [7, 11) is 1.63. The lowest BCUT2D eigenvalue weighted by molar-refractivity contribution is 0.306. The second-order valence-corrected chi connectivity index (χ2v) is 5.37. The summed E-state index contributed by atoms with van der Waals surface area (Å²) in [5, 5.41) is 3.91. The summed E-state index contributed by atoms with van der Waals surface area (Å²) >= 11 is 9.49. The van der Waals surface area contributed by atoms with E-state index in [1.165, 1.54) is 0 Å². The molecule has 0 amide bonds. The molecule has 0 saturated carbocycles. The van der Waals surface area contributed by atoms with Crippen molar-refractivity contribution < 1.29 is 9.47 Å². The van der Waals surface area contributed by atoms with E-state index in [-0.39, 0.29) is 0 Å². The van der Waals surface area contributed by atoms with Gasteiger partial charge in [0.15, 0.2) is 11.5 Å². The number of nitrogens with one attached hydrogen (secondary N) is 1. The van der Waals surface area contributed by atoms with Crippen LogP contribution in [0.3, 0.4) is 0 Å². The van der Waals surface area contributed by atoms with Crippen LogP contribution in [0.4, 0.5) is 5.69 Å². The Hall–Kier alpha value is -1.39. The van der Waals surface area contributed by atoms with Crippen molar-refractivity contribution in [2.75, 3.05) is 25.6 Å². The first-order valence-corrected chi connectivity index (χ1v) is 7.32. The van der Waals surface area contributed by atoms with Crippen molar-refractivity contribution in [3.63, 3.8) is 0 Å². The fraction of sp³-hybridized carbons (Fsp3) is 0.200. The highest BCUT2D eigenvalue weighted by Crippen LogP contribution is 2.27. The van der Waals surface area contributed by atoms with Gasteiger partial charge in [0, 0.05) is 11.0 Å². The number of hydrogen-bond acceptors (Lipinski definition) is 3. The van der Waals surface area contributed by atoms with Crippen LogP contribution in [0.15, 0.2) is 46.9 Å². The SMILES string of the molecule is COc1ccccc1OCCNc1ccc(Br)cc1Cl. The van der Waals surface area contributed by atoms with Crippen LogP contribution < -0.4 is 14.8 Å². The van der Waals surface area contributed by atoms with E-state index in [0.29, 0.717) is 18.2 Å². The quantitative estimate of drug-likeness (QED) is 0.767. The van der Waals surface area contributed by atoms with Gasteiger partial charge in [-0.1, -0.05) is 39.7 Å². The van der Waals surface area contributed by atoms with Crippen molar-refractivity contribution in [2.45, 2.75) is 0 Å². The molecule has 0 aliphatic carbocycles. The van der Waals surface area contributed by atoms with Crippen LogP contribution in [-0.2, 0) is 0 Å². The molecule has 2 aromatic rings. The number of para-hydroxylation sites is 2. The lowest BCUT2D eigenvalue weighted by Crippen LogP contribution is -2.12. The molecule has 1 N–H and O–H groups in total. The van der Waals surface area contributed by atoms with E-state index < -0.39 is 0 Å². The van der Waals surface area contributed by atoms with Crippen molar-refractivity contribution in [1.29, 1.82) is 0 Å². The Bertz CT molecular complexity index is 578.